The summed E-state index contributed by atoms with van der Waals surface area (Å²) < 4.78 is 1.89. The highest BCUT2D eigenvalue weighted by molar-refractivity contribution is 7.80. The molecule has 0 unspecified atom stereocenters. The normalized spacial score (nSPS) is 18.2. The Balaban J connectivity index is 2.07. The van der Waals surface area contributed by atoms with Crippen LogP contribution in [0.25, 0.3) is 0 Å². The maximum atomic E-state index is 12.6. The second-order valence-corrected chi connectivity index (χ2v) is 5.94. The summed E-state index contributed by atoms with van der Waals surface area (Å²) in [7, 11) is 1.91. The van der Waals surface area contributed by atoms with Crippen molar-refractivity contribution in [3.63, 3.8) is 0 Å². The van der Waals surface area contributed by atoms with Gasteiger partial charge in [-0.15, -0.1) is 0 Å². The minimum absolute atomic E-state index is 0.0464. The van der Waals surface area contributed by atoms with E-state index in [1.807, 2.05) is 17.8 Å². The molecule has 0 atom stereocenters. The molecule has 20 heavy (non-hydrogen) atoms. The minimum atomic E-state index is -0.670. The van der Waals surface area contributed by atoms with E-state index >= 15 is 0 Å². The molecule has 1 aliphatic rings. The van der Waals surface area contributed by atoms with Crippen molar-refractivity contribution in [3.05, 3.63) is 18.2 Å². The van der Waals surface area contributed by atoms with Gasteiger partial charge >= 0.3 is 0 Å². The first-order valence-electron chi connectivity index (χ1n) is 7.11. The first-order valence-corrected chi connectivity index (χ1v) is 7.51. The number of aryl methyl sites for hydroxylation is 1. The summed E-state index contributed by atoms with van der Waals surface area (Å²) >= 11 is 5.20. The molecule has 0 bridgehead atoms. The summed E-state index contributed by atoms with van der Waals surface area (Å²) in [5.74, 6) is 0.778. The number of amides is 1. The van der Waals surface area contributed by atoms with Crippen molar-refractivity contribution >= 4 is 23.1 Å². The average molecular weight is 294 g/mol. The van der Waals surface area contributed by atoms with Gasteiger partial charge in [0.15, 0.2) is 0 Å². The van der Waals surface area contributed by atoms with Crippen LogP contribution in [-0.4, -0.2) is 20.4 Å². The predicted molar refractivity (Wildman–Crippen MR) is 82.0 cm³/mol. The molecule has 1 amide bonds. The lowest BCUT2D eigenvalue weighted by molar-refractivity contribution is -0.128. The molecule has 3 N–H and O–H groups in total. The highest BCUT2D eigenvalue weighted by Gasteiger charge is 2.41. The molecule has 5 nitrogen and oxygen atoms in total. The predicted octanol–water partition coefficient (Wildman–Crippen LogP) is 1.66. The maximum absolute atomic E-state index is 12.6. The highest BCUT2D eigenvalue weighted by Crippen LogP contribution is 2.35. The number of thiocarbonyl (C=S) groups is 1. The Morgan fingerprint density at radius 1 is 1.45 bits per heavy atom. The van der Waals surface area contributed by atoms with E-state index in [-0.39, 0.29) is 5.91 Å². The van der Waals surface area contributed by atoms with Gasteiger partial charge < -0.3 is 15.6 Å². The molecule has 1 aromatic heterocycles. The zero-order valence-corrected chi connectivity index (χ0v) is 12.7. The van der Waals surface area contributed by atoms with E-state index in [2.05, 4.69) is 10.3 Å². The highest BCUT2D eigenvalue weighted by atomic mass is 32.1. The van der Waals surface area contributed by atoms with Gasteiger partial charge in [-0.2, -0.15) is 0 Å². The molecule has 0 aromatic carbocycles. The lowest BCUT2D eigenvalue weighted by Gasteiger charge is -2.30. The van der Waals surface area contributed by atoms with Gasteiger partial charge in [0.25, 0.3) is 0 Å². The Morgan fingerprint density at radius 2 is 2.10 bits per heavy atom. The third kappa shape index (κ3) is 3.00. The molecular weight excluding hydrogens is 272 g/mol. The lowest BCUT2D eigenvalue weighted by Crippen LogP contribution is -2.48. The minimum Gasteiger partial charge on any atom is -0.392 e. The molecule has 1 aromatic rings. The molecular formula is C14H22N4OS. The largest absolute Gasteiger partial charge is 0.392 e. The second kappa shape index (κ2) is 6.35. The Morgan fingerprint density at radius 3 is 2.60 bits per heavy atom. The first-order chi connectivity index (χ1) is 9.56. The Bertz CT molecular complexity index is 489. The van der Waals surface area contributed by atoms with E-state index in [0.717, 1.165) is 44.3 Å². The third-order valence-corrected chi connectivity index (χ3v) is 4.58. The monoisotopic (exact) mass is 294 g/mol. The van der Waals surface area contributed by atoms with Crippen LogP contribution in [0, 0.1) is 5.41 Å². The summed E-state index contributed by atoms with van der Waals surface area (Å²) in [5.41, 5.74) is 5.23. The zero-order chi connectivity index (χ0) is 14.6. The van der Waals surface area contributed by atoms with Crippen molar-refractivity contribution < 1.29 is 4.79 Å². The molecule has 2 rings (SSSR count). The van der Waals surface area contributed by atoms with Crippen molar-refractivity contribution in [2.75, 3.05) is 0 Å². The standard InChI is InChI=1S/C14H22N4OS/c1-18-9-8-16-11(18)10-17-13(19)14(12(15)20)6-4-2-3-5-7-14/h8-9H,2-7,10H2,1H3,(H2,15,20)(H,17,19). The van der Waals surface area contributed by atoms with Gasteiger partial charge in [-0.1, -0.05) is 37.9 Å². The fraction of sp³-hybridized carbons (Fsp3) is 0.643. The molecule has 6 heteroatoms. The Hall–Kier alpha value is -1.43. The van der Waals surface area contributed by atoms with E-state index in [0.29, 0.717) is 11.5 Å². The Labute approximate surface area is 124 Å². The summed E-state index contributed by atoms with van der Waals surface area (Å²) in [4.78, 5) is 17.1. The van der Waals surface area contributed by atoms with Crippen LogP contribution in [0.1, 0.15) is 44.3 Å². The molecule has 0 saturated heterocycles. The number of hydrogen-bond donors (Lipinski definition) is 2. The van der Waals surface area contributed by atoms with Crippen molar-refractivity contribution in [2.24, 2.45) is 18.2 Å². The topological polar surface area (TPSA) is 72.9 Å². The molecule has 1 aliphatic carbocycles. The number of carbonyl (C=O) groups is 1. The van der Waals surface area contributed by atoms with Crippen molar-refractivity contribution in [1.29, 1.82) is 0 Å². The zero-order valence-electron chi connectivity index (χ0n) is 11.9. The molecule has 0 aliphatic heterocycles. The van der Waals surface area contributed by atoms with Crippen LogP contribution in [0.5, 0.6) is 0 Å². The van der Waals surface area contributed by atoms with Crippen LogP contribution in [0.4, 0.5) is 0 Å². The van der Waals surface area contributed by atoms with Crippen LogP contribution in [0.3, 0.4) is 0 Å². The quantitative estimate of drug-likeness (QED) is 0.654. The van der Waals surface area contributed by atoms with Crippen molar-refractivity contribution in [2.45, 2.75) is 45.1 Å². The smallest absolute Gasteiger partial charge is 0.233 e. The summed E-state index contributed by atoms with van der Waals surface area (Å²) in [6.45, 7) is 0.409. The SMILES string of the molecule is Cn1ccnc1CNC(=O)C1(C(N)=S)CCCCCC1. The van der Waals surface area contributed by atoms with Crippen molar-refractivity contribution in [1.82, 2.24) is 14.9 Å². The fourth-order valence-corrected chi connectivity index (χ4v) is 3.11. The van der Waals surface area contributed by atoms with E-state index in [4.69, 9.17) is 18.0 Å². The van der Waals surface area contributed by atoms with Gasteiger partial charge in [0.05, 0.1) is 16.9 Å². The van der Waals surface area contributed by atoms with E-state index < -0.39 is 5.41 Å². The number of carbonyl (C=O) groups excluding carboxylic acids is 1. The summed E-state index contributed by atoms with van der Waals surface area (Å²) in [6, 6.07) is 0. The number of rotatable bonds is 4. The average Bonchev–Trinajstić information content (AvgIpc) is 2.67. The number of nitrogens with two attached hydrogens (primary N) is 1. The number of aromatic nitrogens is 2. The third-order valence-electron chi connectivity index (χ3n) is 4.19. The maximum Gasteiger partial charge on any atom is 0.233 e. The summed E-state index contributed by atoms with van der Waals surface area (Å²) in [5, 5.41) is 2.96. The van der Waals surface area contributed by atoms with E-state index in [1.165, 1.54) is 0 Å². The molecule has 1 saturated carbocycles. The van der Waals surface area contributed by atoms with Gasteiger partial charge in [-0.05, 0) is 12.8 Å². The van der Waals surface area contributed by atoms with Crippen LogP contribution in [0.2, 0.25) is 0 Å². The van der Waals surface area contributed by atoms with Crippen LogP contribution in [-0.2, 0) is 18.4 Å². The van der Waals surface area contributed by atoms with Crippen molar-refractivity contribution in [3.8, 4) is 0 Å². The fourth-order valence-electron chi connectivity index (χ4n) is 2.81. The van der Waals surface area contributed by atoms with Gasteiger partial charge in [0.2, 0.25) is 5.91 Å². The second-order valence-electron chi connectivity index (χ2n) is 5.50. The number of nitrogens with zero attached hydrogens (tertiary/aromatic N) is 2. The van der Waals surface area contributed by atoms with Gasteiger partial charge in [0, 0.05) is 19.4 Å². The number of hydrogen-bond acceptors (Lipinski definition) is 3. The first kappa shape index (κ1) is 15.0. The van der Waals surface area contributed by atoms with Crippen LogP contribution in [0.15, 0.2) is 12.4 Å². The van der Waals surface area contributed by atoms with Crippen LogP contribution < -0.4 is 11.1 Å². The molecule has 0 radical (unpaired) electrons. The molecule has 110 valence electrons. The van der Waals surface area contributed by atoms with Gasteiger partial charge in [-0.25, -0.2) is 4.98 Å². The lowest BCUT2D eigenvalue weighted by atomic mass is 9.79. The number of imidazole rings is 1. The molecule has 0 spiro atoms. The summed E-state index contributed by atoms with van der Waals surface area (Å²) in [6.07, 6.45) is 9.41. The van der Waals surface area contributed by atoms with Crippen LogP contribution >= 0.6 is 12.2 Å². The van der Waals surface area contributed by atoms with Gasteiger partial charge in [-0.3, -0.25) is 4.79 Å². The Kier molecular flexibility index (Phi) is 4.75. The van der Waals surface area contributed by atoms with Gasteiger partial charge in [0.1, 0.15) is 5.82 Å². The number of nitrogens with one attached hydrogen (secondary N) is 1. The van der Waals surface area contributed by atoms with E-state index in [9.17, 15) is 4.79 Å². The molecule has 1 heterocycles. The van der Waals surface area contributed by atoms with E-state index in [1.54, 1.807) is 6.20 Å². The molecule has 1 fully saturated rings.